The summed E-state index contributed by atoms with van der Waals surface area (Å²) in [6, 6.07) is -0.270. The van der Waals surface area contributed by atoms with Crippen molar-refractivity contribution in [1.29, 1.82) is 0 Å². The highest BCUT2D eigenvalue weighted by Crippen LogP contribution is 2.04. The average molecular weight is 280 g/mol. The number of hydrogen-bond donors (Lipinski definition) is 2. The van der Waals surface area contributed by atoms with E-state index in [9.17, 15) is 9.59 Å². The van der Waals surface area contributed by atoms with Crippen molar-refractivity contribution in [2.45, 2.75) is 19.9 Å². The molecule has 7 heteroatoms. The maximum Gasteiger partial charge on any atom is 0.238 e. The van der Waals surface area contributed by atoms with Crippen LogP contribution in [0.4, 0.5) is 0 Å². The monoisotopic (exact) mass is 280 g/mol. The number of carbonyl (C=O) groups is 2. The van der Waals surface area contributed by atoms with Crippen LogP contribution >= 0.6 is 23.8 Å². The van der Waals surface area contributed by atoms with Gasteiger partial charge in [0.05, 0.1) is 12.6 Å². The van der Waals surface area contributed by atoms with Crippen molar-refractivity contribution in [3.8, 4) is 0 Å². The molecule has 1 unspecified atom stereocenters. The van der Waals surface area contributed by atoms with Crippen molar-refractivity contribution in [3.63, 3.8) is 0 Å². The van der Waals surface area contributed by atoms with Gasteiger partial charge in [0.25, 0.3) is 0 Å². The Balaban J connectivity index is 3.71. The second-order valence-electron chi connectivity index (χ2n) is 3.16. The van der Waals surface area contributed by atoms with Gasteiger partial charge in [-0.05, 0) is 26.0 Å². The van der Waals surface area contributed by atoms with Crippen LogP contribution in [0, 0.1) is 0 Å². The summed E-state index contributed by atoms with van der Waals surface area (Å²) in [4.78, 5) is 22.3. The zero-order valence-corrected chi connectivity index (χ0v) is 12.1. The number of amides is 1. The Labute approximate surface area is 111 Å². The molecular formula is C10H20N2O3S2. The summed E-state index contributed by atoms with van der Waals surface area (Å²) in [5.74, 6) is 1.11. The summed E-state index contributed by atoms with van der Waals surface area (Å²) in [5, 5.41) is 5.76. The second-order valence-corrected chi connectivity index (χ2v) is 5.24. The fraction of sp³-hybridized carbons (Fsp3) is 0.800. The fourth-order valence-electron chi connectivity index (χ4n) is 0.982. The van der Waals surface area contributed by atoms with Crippen molar-refractivity contribution in [3.05, 3.63) is 0 Å². The molecule has 0 aliphatic heterocycles. The van der Waals surface area contributed by atoms with E-state index in [4.69, 9.17) is 4.18 Å². The molecule has 0 saturated carbocycles. The first-order valence-corrected chi connectivity index (χ1v) is 7.34. The van der Waals surface area contributed by atoms with Crippen LogP contribution in [-0.4, -0.2) is 48.8 Å². The van der Waals surface area contributed by atoms with E-state index in [0.29, 0.717) is 24.7 Å². The third-order valence-electron chi connectivity index (χ3n) is 1.81. The zero-order valence-electron chi connectivity index (χ0n) is 10.4. The summed E-state index contributed by atoms with van der Waals surface area (Å²) >= 11 is 2.49. The van der Waals surface area contributed by atoms with E-state index in [-0.39, 0.29) is 17.1 Å². The molecule has 1 amide bonds. The van der Waals surface area contributed by atoms with Gasteiger partial charge < -0.3 is 14.8 Å². The first kappa shape index (κ1) is 16.8. The van der Waals surface area contributed by atoms with Crippen LogP contribution in [0.5, 0.6) is 0 Å². The van der Waals surface area contributed by atoms with Gasteiger partial charge >= 0.3 is 0 Å². The largest absolute Gasteiger partial charge is 0.354 e. The van der Waals surface area contributed by atoms with E-state index in [0.717, 1.165) is 0 Å². The lowest BCUT2D eigenvalue weighted by atomic mass is 10.3. The lowest BCUT2D eigenvalue weighted by Gasteiger charge is -2.14. The van der Waals surface area contributed by atoms with Crippen LogP contribution in [0.15, 0.2) is 0 Å². The molecule has 0 fully saturated rings. The molecule has 0 radical (unpaired) electrons. The van der Waals surface area contributed by atoms with Crippen LogP contribution in [0.1, 0.15) is 13.8 Å². The highest BCUT2D eigenvalue weighted by molar-refractivity contribution is 8.13. The number of likely N-dealkylation sites (N-methyl/N-ethyl adjacent to an activating group) is 1. The quantitative estimate of drug-likeness (QED) is 0.478. The molecule has 0 saturated heterocycles. The Kier molecular flexibility index (Phi) is 10.7. The van der Waals surface area contributed by atoms with E-state index >= 15 is 0 Å². The molecule has 0 aliphatic carbocycles. The van der Waals surface area contributed by atoms with Gasteiger partial charge in [0.15, 0.2) is 5.12 Å². The van der Waals surface area contributed by atoms with Gasteiger partial charge in [-0.25, -0.2) is 0 Å². The highest BCUT2D eigenvalue weighted by atomic mass is 32.2. The van der Waals surface area contributed by atoms with Gasteiger partial charge in [-0.1, -0.05) is 11.8 Å². The standard InChI is InChI=1S/C10H20N2O3S2/c1-4-15-17-7-9(11-3)10(14)12-5-6-16-8(2)13/h9,11H,4-7H2,1-3H3,(H,12,14). The summed E-state index contributed by atoms with van der Waals surface area (Å²) in [5.41, 5.74) is 0. The highest BCUT2D eigenvalue weighted by Gasteiger charge is 2.15. The predicted octanol–water partition coefficient (Wildman–Crippen LogP) is 0.655. The van der Waals surface area contributed by atoms with Gasteiger partial charge in [0.1, 0.15) is 0 Å². The van der Waals surface area contributed by atoms with E-state index < -0.39 is 0 Å². The third kappa shape index (κ3) is 9.46. The second kappa shape index (κ2) is 10.9. The van der Waals surface area contributed by atoms with Gasteiger partial charge in [-0.2, -0.15) is 0 Å². The Morgan fingerprint density at radius 2 is 2.12 bits per heavy atom. The Morgan fingerprint density at radius 1 is 1.41 bits per heavy atom. The molecule has 0 aromatic carbocycles. The topological polar surface area (TPSA) is 67.4 Å². The van der Waals surface area contributed by atoms with Crippen molar-refractivity contribution >= 4 is 34.8 Å². The molecule has 100 valence electrons. The number of nitrogens with one attached hydrogen (secondary N) is 2. The van der Waals surface area contributed by atoms with Gasteiger partial charge in [0, 0.05) is 25.0 Å². The molecule has 0 aromatic rings. The number of carbonyl (C=O) groups excluding carboxylic acids is 2. The molecule has 0 spiro atoms. The molecule has 0 aromatic heterocycles. The van der Waals surface area contributed by atoms with Crippen molar-refractivity contribution < 1.29 is 13.8 Å². The third-order valence-corrected chi connectivity index (χ3v) is 3.49. The first-order valence-electron chi connectivity index (χ1n) is 5.44. The lowest BCUT2D eigenvalue weighted by molar-refractivity contribution is -0.122. The molecule has 0 aliphatic rings. The van der Waals surface area contributed by atoms with E-state index in [1.54, 1.807) is 7.05 Å². The smallest absolute Gasteiger partial charge is 0.238 e. The molecule has 17 heavy (non-hydrogen) atoms. The SMILES string of the molecule is CCOSCC(NC)C(=O)NCCSC(C)=O. The van der Waals surface area contributed by atoms with Crippen molar-refractivity contribution in [2.75, 3.05) is 31.7 Å². The first-order chi connectivity index (χ1) is 8.11. The van der Waals surface area contributed by atoms with E-state index in [1.165, 1.54) is 30.7 Å². The van der Waals surface area contributed by atoms with Crippen LogP contribution in [0.3, 0.4) is 0 Å². The number of thioether (sulfide) groups is 1. The van der Waals surface area contributed by atoms with Crippen LogP contribution in [-0.2, 0) is 13.8 Å². The maximum atomic E-state index is 11.7. The number of hydrogen-bond acceptors (Lipinski definition) is 6. The molecule has 5 nitrogen and oxygen atoms in total. The predicted molar refractivity (Wildman–Crippen MR) is 73.1 cm³/mol. The van der Waals surface area contributed by atoms with Gasteiger partial charge in [-0.15, -0.1) is 0 Å². The molecule has 1 atom stereocenters. The minimum absolute atomic E-state index is 0.0659. The number of rotatable bonds is 9. The summed E-state index contributed by atoms with van der Waals surface area (Å²) < 4.78 is 5.12. The summed E-state index contributed by atoms with van der Waals surface area (Å²) in [7, 11) is 1.74. The molecule has 0 bridgehead atoms. The Bertz CT molecular complexity index is 240. The van der Waals surface area contributed by atoms with Crippen LogP contribution in [0.25, 0.3) is 0 Å². The van der Waals surface area contributed by atoms with Crippen LogP contribution < -0.4 is 10.6 Å². The molecular weight excluding hydrogens is 260 g/mol. The van der Waals surface area contributed by atoms with Crippen LogP contribution in [0.2, 0.25) is 0 Å². The lowest BCUT2D eigenvalue weighted by Crippen LogP contribution is -2.45. The fourth-order valence-corrected chi connectivity index (χ4v) is 2.19. The van der Waals surface area contributed by atoms with Crippen molar-refractivity contribution in [1.82, 2.24) is 10.6 Å². The molecule has 0 rings (SSSR count). The maximum absolute atomic E-state index is 11.7. The van der Waals surface area contributed by atoms with E-state index in [1.807, 2.05) is 6.92 Å². The summed E-state index contributed by atoms with van der Waals surface area (Å²) in [6.07, 6.45) is 0. The van der Waals surface area contributed by atoms with Crippen molar-refractivity contribution in [2.24, 2.45) is 0 Å². The normalized spacial score (nSPS) is 12.2. The minimum atomic E-state index is -0.270. The Morgan fingerprint density at radius 3 is 2.65 bits per heavy atom. The summed E-state index contributed by atoms with van der Waals surface area (Å²) in [6.45, 7) is 4.54. The van der Waals surface area contributed by atoms with Gasteiger partial charge in [-0.3, -0.25) is 9.59 Å². The molecule has 0 heterocycles. The zero-order chi connectivity index (χ0) is 13.1. The Hall–Kier alpha value is -0.240. The van der Waals surface area contributed by atoms with Gasteiger partial charge in [0.2, 0.25) is 5.91 Å². The molecule has 2 N–H and O–H groups in total. The minimum Gasteiger partial charge on any atom is -0.354 e. The average Bonchev–Trinajstić information content (AvgIpc) is 2.30. The van der Waals surface area contributed by atoms with E-state index in [2.05, 4.69) is 10.6 Å².